The normalized spacial score (nSPS) is 15.5. The van der Waals surface area contributed by atoms with Crippen molar-refractivity contribution < 1.29 is 14.3 Å². The number of anilines is 1. The minimum atomic E-state index is -0.182. The summed E-state index contributed by atoms with van der Waals surface area (Å²) in [5.41, 5.74) is 3.86. The highest BCUT2D eigenvalue weighted by molar-refractivity contribution is 7.12. The van der Waals surface area contributed by atoms with Gasteiger partial charge in [-0.1, -0.05) is 18.2 Å². The van der Waals surface area contributed by atoms with E-state index in [9.17, 15) is 4.79 Å². The molecule has 4 rings (SSSR count). The van der Waals surface area contributed by atoms with Crippen LogP contribution in [0, 0.1) is 0 Å². The third-order valence-electron chi connectivity index (χ3n) is 5.33. The lowest BCUT2D eigenvalue weighted by Crippen LogP contribution is -2.26. The van der Waals surface area contributed by atoms with Gasteiger partial charge in [-0.2, -0.15) is 5.10 Å². The van der Waals surface area contributed by atoms with Crippen LogP contribution in [-0.4, -0.2) is 44.9 Å². The average molecular weight is 436 g/mol. The van der Waals surface area contributed by atoms with Gasteiger partial charge in [-0.05, 0) is 41.3 Å². The first kappa shape index (κ1) is 20.9. The van der Waals surface area contributed by atoms with Gasteiger partial charge in [0.15, 0.2) is 0 Å². The Kier molecular flexibility index (Phi) is 5.95. The molecule has 2 aromatic carbocycles. The summed E-state index contributed by atoms with van der Waals surface area (Å²) in [4.78, 5) is 16.0. The monoisotopic (exact) mass is 435 g/mol. The summed E-state index contributed by atoms with van der Waals surface area (Å²) in [5, 5.41) is 8.28. The zero-order valence-electron chi connectivity index (χ0n) is 18.0. The highest BCUT2D eigenvalue weighted by atomic mass is 32.1. The van der Waals surface area contributed by atoms with Crippen LogP contribution in [0.4, 0.5) is 5.69 Å². The summed E-state index contributed by atoms with van der Waals surface area (Å²) >= 11 is 1.42. The maximum absolute atomic E-state index is 13.3. The minimum Gasteiger partial charge on any atom is -0.497 e. The van der Waals surface area contributed by atoms with Crippen molar-refractivity contribution in [3.63, 3.8) is 0 Å². The second-order valence-electron chi connectivity index (χ2n) is 7.48. The van der Waals surface area contributed by atoms with E-state index in [1.165, 1.54) is 11.3 Å². The molecule has 0 unspecified atom stereocenters. The van der Waals surface area contributed by atoms with Crippen LogP contribution in [-0.2, 0) is 0 Å². The van der Waals surface area contributed by atoms with Crippen molar-refractivity contribution in [2.75, 3.05) is 33.2 Å². The lowest BCUT2D eigenvalue weighted by atomic mass is 9.97. The summed E-state index contributed by atoms with van der Waals surface area (Å²) in [6.07, 6.45) is 0.606. The number of carbonyl (C=O) groups is 1. The molecule has 0 saturated heterocycles. The van der Waals surface area contributed by atoms with Gasteiger partial charge in [-0.15, -0.1) is 11.3 Å². The molecule has 1 atom stereocenters. The van der Waals surface area contributed by atoms with E-state index in [4.69, 9.17) is 14.6 Å². The predicted octanol–water partition coefficient (Wildman–Crippen LogP) is 4.82. The molecular formula is C24H25N3O3S. The van der Waals surface area contributed by atoms with Gasteiger partial charge in [0.05, 0.1) is 30.9 Å². The molecule has 1 aliphatic rings. The summed E-state index contributed by atoms with van der Waals surface area (Å²) in [6, 6.07) is 17.5. The summed E-state index contributed by atoms with van der Waals surface area (Å²) in [5.74, 6) is 1.28. The first-order valence-corrected chi connectivity index (χ1v) is 10.8. The lowest BCUT2D eigenvalue weighted by molar-refractivity contribution is 0.0716. The molecule has 0 spiro atoms. The van der Waals surface area contributed by atoms with Crippen molar-refractivity contribution in [3.8, 4) is 11.5 Å². The number of amides is 1. The van der Waals surface area contributed by atoms with E-state index in [0.717, 1.165) is 22.5 Å². The number of methoxy groups -OCH3 is 2. The van der Waals surface area contributed by atoms with Crippen LogP contribution in [0.5, 0.6) is 11.5 Å². The Hall–Kier alpha value is -3.32. The number of benzene rings is 2. The van der Waals surface area contributed by atoms with Crippen LogP contribution in [0.25, 0.3) is 0 Å². The van der Waals surface area contributed by atoms with Gasteiger partial charge in [-0.3, -0.25) is 4.79 Å². The second kappa shape index (κ2) is 8.81. The third-order valence-corrected chi connectivity index (χ3v) is 6.19. The Morgan fingerprint density at radius 2 is 1.74 bits per heavy atom. The van der Waals surface area contributed by atoms with E-state index in [1.807, 2.05) is 49.8 Å². The molecule has 160 valence electrons. The summed E-state index contributed by atoms with van der Waals surface area (Å²) in [6.45, 7) is 0. The van der Waals surface area contributed by atoms with E-state index >= 15 is 0 Å². The number of hydrazone groups is 1. The molecule has 0 N–H and O–H groups in total. The van der Waals surface area contributed by atoms with Gasteiger partial charge in [0, 0.05) is 37.8 Å². The van der Waals surface area contributed by atoms with Gasteiger partial charge in [-0.25, -0.2) is 5.01 Å². The first-order chi connectivity index (χ1) is 15.0. The highest BCUT2D eigenvalue weighted by Crippen LogP contribution is 2.36. The summed E-state index contributed by atoms with van der Waals surface area (Å²) in [7, 11) is 7.26. The number of rotatable bonds is 6. The van der Waals surface area contributed by atoms with E-state index in [1.54, 1.807) is 19.2 Å². The Morgan fingerprint density at radius 3 is 2.29 bits per heavy atom. The zero-order chi connectivity index (χ0) is 22.0. The minimum absolute atomic E-state index is 0.0958. The predicted molar refractivity (Wildman–Crippen MR) is 125 cm³/mol. The van der Waals surface area contributed by atoms with E-state index in [-0.39, 0.29) is 11.9 Å². The Morgan fingerprint density at radius 1 is 1.06 bits per heavy atom. The highest BCUT2D eigenvalue weighted by Gasteiger charge is 2.34. The second-order valence-corrected chi connectivity index (χ2v) is 8.43. The molecule has 2 heterocycles. The molecule has 1 aliphatic heterocycles. The van der Waals surface area contributed by atoms with E-state index < -0.39 is 0 Å². The molecule has 0 aliphatic carbocycles. The van der Waals surface area contributed by atoms with E-state index in [0.29, 0.717) is 22.8 Å². The molecule has 6 nitrogen and oxygen atoms in total. The van der Waals surface area contributed by atoms with Gasteiger partial charge in [0.25, 0.3) is 5.91 Å². The Bertz CT molecular complexity index is 1070. The van der Waals surface area contributed by atoms with Crippen molar-refractivity contribution in [1.29, 1.82) is 0 Å². The lowest BCUT2D eigenvalue weighted by Gasteiger charge is -2.22. The maximum atomic E-state index is 13.3. The van der Waals surface area contributed by atoms with Gasteiger partial charge in [0.1, 0.15) is 11.5 Å². The fraction of sp³-hybridized carbons (Fsp3) is 0.250. The number of carbonyl (C=O) groups excluding carboxylic acids is 1. The maximum Gasteiger partial charge on any atom is 0.284 e. The number of hydrogen-bond donors (Lipinski definition) is 0. The number of nitrogens with zero attached hydrogens (tertiary/aromatic N) is 3. The van der Waals surface area contributed by atoms with Crippen LogP contribution in [0.15, 0.2) is 65.1 Å². The average Bonchev–Trinajstić information content (AvgIpc) is 3.49. The topological polar surface area (TPSA) is 54.4 Å². The number of ether oxygens (including phenoxy) is 2. The van der Waals surface area contributed by atoms with Crippen LogP contribution in [0.3, 0.4) is 0 Å². The number of thiophene rings is 1. The van der Waals surface area contributed by atoms with E-state index in [2.05, 4.69) is 29.2 Å². The molecular weight excluding hydrogens is 410 g/mol. The van der Waals surface area contributed by atoms with Crippen molar-refractivity contribution in [1.82, 2.24) is 5.01 Å². The molecule has 0 radical (unpaired) electrons. The standard InChI is InChI=1S/C24H25N3O3S/c1-26(2)18-9-7-16(8-10-18)22-15-21(17-12-19(29-3)14-20(13-17)30-4)25-27(22)24(28)23-6-5-11-31-23/h5-14,22H,15H2,1-4H3/t22-/m1/s1. The summed E-state index contributed by atoms with van der Waals surface area (Å²) < 4.78 is 10.8. The third kappa shape index (κ3) is 4.27. The molecule has 0 fully saturated rings. The largest absolute Gasteiger partial charge is 0.497 e. The smallest absolute Gasteiger partial charge is 0.284 e. The molecule has 1 amide bonds. The van der Waals surface area contributed by atoms with Crippen molar-refractivity contribution in [2.45, 2.75) is 12.5 Å². The van der Waals surface area contributed by atoms with Crippen LogP contribution < -0.4 is 14.4 Å². The molecule has 0 saturated carbocycles. The van der Waals surface area contributed by atoms with Gasteiger partial charge >= 0.3 is 0 Å². The van der Waals surface area contributed by atoms with Crippen LogP contribution in [0.1, 0.15) is 33.3 Å². The fourth-order valence-corrected chi connectivity index (χ4v) is 4.27. The van der Waals surface area contributed by atoms with Crippen molar-refractivity contribution >= 4 is 28.6 Å². The molecule has 1 aromatic heterocycles. The molecule has 0 bridgehead atoms. The van der Waals surface area contributed by atoms with Gasteiger partial charge < -0.3 is 14.4 Å². The SMILES string of the molecule is COc1cc(OC)cc(C2=NN(C(=O)c3cccs3)[C@@H](c3ccc(N(C)C)cc3)C2)c1. The Balaban J connectivity index is 1.73. The first-order valence-electron chi connectivity index (χ1n) is 9.95. The van der Waals surface area contributed by atoms with Crippen molar-refractivity contribution in [3.05, 3.63) is 76.0 Å². The molecule has 7 heteroatoms. The fourth-order valence-electron chi connectivity index (χ4n) is 3.61. The molecule has 31 heavy (non-hydrogen) atoms. The van der Waals surface area contributed by atoms with Crippen LogP contribution >= 0.6 is 11.3 Å². The zero-order valence-corrected chi connectivity index (χ0v) is 18.8. The van der Waals surface area contributed by atoms with Gasteiger partial charge in [0.2, 0.25) is 0 Å². The number of hydrogen-bond acceptors (Lipinski definition) is 6. The molecule has 3 aromatic rings. The Labute approximate surface area is 186 Å². The van der Waals surface area contributed by atoms with Crippen LogP contribution in [0.2, 0.25) is 0 Å². The van der Waals surface area contributed by atoms with Crippen molar-refractivity contribution in [2.24, 2.45) is 5.10 Å². The quantitative estimate of drug-likeness (QED) is 0.557.